The minimum Gasteiger partial charge on any atom is -0.338 e. The lowest BCUT2D eigenvalue weighted by Crippen LogP contribution is -2.25. The van der Waals surface area contributed by atoms with Gasteiger partial charge in [0, 0.05) is 38.9 Å². The lowest BCUT2D eigenvalue weighted by molar-refractivity contribution is 0.0348. The number of carbonyl (C=O) groups is 8. The number of hydrogen-bond donors (Lipinski definition) is 7. The van der Waals surface area contributed by atoms with Crippen LogP contribution in [0.1, 0.15) is 179 Å². The van der Waals surface area contributed by atoms with Crippen molar-refractivity contribution < 1.29 is 77.1 Å². The summed E-state index contributed by atoms with van der Waals surface area (Å²) >= 11 is 0. The summed E-state index contributed by atoms with van der Waals surface area (Å²) in [4.78, 5) is 172. The van der Waals surface area contributed by atoms with E-state index in [-0.39, 0.29) is 135 Å². The second-order valence-electron chi connectivity index (χ2n) is 28.1. The highest BCUT2D eigenvalue weighted by atomic mass is 16.7. The van der Waals surface area contributed by atoms with E-state index in [2.05, 4.69) is 89.6 Å². The number of oxime groups is 1. The van der Waals surface area contributed by atoms with Gasteiger partial charge in [-0.1, -0.05) is 318 Å². The van der Waals surface area contributed by atoms with Gasteiger partial charge < -0.3 is 38.7 Å². The van der Waals surface area contributed by atoms with Crippen LogP contribution in [0.2, 0.25) is 0 Å². The van der Waals surface area contributed by atoms with Gasteiger partial charge in [-0.15, -0.1) is 0 Å². The van der Waals surface area contributed by atoms with Gasteiger partial charge in [-0.2, -0.15) is 0 Å². The summed E-state index contributed by atoms with van der Waals surface area (Å²) in [5, 5.41) is 4.27. The van der Waals surface area contributed by atoms with Crippen LogP contribution in [-0.4, -0.2) is 53.5 Å². The third kappa shape index (κ3) is 21.2. The zero-order valence-corrected chi connectivity index (χ0v) is 67.0. The van der Waals surface area contributed by atoms with Crippen LogP contribution in [0.5, 0.6) is 0 Å². The van der Waals surface area contributed by atoms with Crippen molar-refractivity contribution in [1.82, 2.24) is 38.4 Å². The van der Waals surface area contributed by atoms with Crippen molar-refractivity contribution in [2.24, 2.45) is 5.16 Å². The maximum absolute atomic E-state index is 15.6. The van der Waals surface area contributed by atoms with Crippen LogP contribution in [0.4, 0.5) is 0 Å². The van der Waals surface area contributed by atoms with E-state index in [9.17, 15) is 0 Å². The Bertz CT molecular complexity index is 6140. The van der Waals surface area contributed by atoms with Gasteiger partial charge in [0.25, 0.3) is 0 Å². The van der Waals surface area contributed by atoms with Gasteiger partial charge in [-0.05, 0) is 107 Å². The molecule has 13 rings (SSSR count). The molecule has 8 bridgehead atoms. The third-order valence-corrected chi connectivity index (χ3v) is 19.8. The Kier molecular flexibility index (Phi) is 27.2. The summed E-state index contributed by atoms with van der Waals surface area (Å²) in [6.45, 7) is 30.3. The topological polar surface area (TPSA) is 307 Å². The van der Waals surface area contributed by atoms with Crippen LogP contribution in [0, 0.1) is 0 Å². The van der Waals surface area contributed by atoms with Crippen LogP contribution in [0.15, 0.2) is 342 Å². The molecule has 0 aromatic heterocycles. The molecule has 616 valence electrons. The standard InChI is InChI=1S/C100H80N8O16/c1-61(69-33-17-9-18-34-69)101-117-93(109)85-57-86(94(110)118-102-62(2)70-35-19-10-20-36-70)78-49-77(85)53-79-50-80(88(96(112)120-104-64(4)72-39-23-12-24-40-72)58-87(79)95(111)119-103-63(3)71-37-21-11-22-38-71)55-83-52-84(92(100(116)124-108-68(8)76-47-31-16-32-48-76)60-91(83)99(115)123-107-67(7)75-45-29-15-30-46-75)56-82-51-81(54-78)89(97(113)121-105-65(5)73-41-25-13-26-42-73)59-90(82)98(114)122-106-66(6)74-43-27-14-28-44-74/h9-52,57-60,101-107H,1-7,53-56H2,8H3. The largest absolute Gasteiger partial charge is 0.366 e. The Hall–Kier alpha value is -17.2. The zero-order valence-electron chi connectivity index (χ0n) is 67.0. The predicted octanol–water partition coefficient (Wildman–Crippen LogP) is 17.3. The van der Waals surface area contributed by atoms with Gasteiger partial charge >= 0.3 is 47.8 Å². The van der Waals surface area contributed by atoms with Crippen molar-refractivity contribution in [1.29, 1.82) is 0 Å². The number of fused-ring (bicyclic) bond motifs is 8. The number of hydroxylamine groups is 7. The first-order chi connectivity index (χ1) is 60.1. The van der Waals surface area contributed by atoms with E-state index in [1.807, 2.05) is 0 Å². The highest BCUT2D eigenvalue weighted by Crippen LogP contribution is 2.35. The smallest absolute Gasteiger partial charge is 0.338 e. The molecule has 0 aliphatic heterocycles. The Morgan fingerprint density at radius 2 is 0.363 bits per heavy atom. The first-order valence-corrected chi connectivity index (χ1v) is 38.6. The van der Waals surface area contributed by atoms with Crippen molar-refractivity contribution in [2.75, 3.05) is 0 Å². The number of nitrogens with one attached hydrogen (secondary N) is 7. The molecule has 24 heteroatoms. The highest BCUT2D eigenvalue weighted by Gasteiger charge is 2.33. The molecular formula is C100H80N8O16. The molecule has 7 N–H and O–H groups in total. The molecule has 1 aliphatic rings. The Labute approximate surface area is 713 Å². The average molecular weight is 1650 g/mol. The van der Waals surface area contributed by atoms with E-state index in [0.717, 1.165) is 0 Å². The van der Waals surface area contributed by atoms with Crippen molar-refractivity contribution in [3.05, 3.63) is 471 Å². The summed E-state index contributed by atoms with van der Waals surface area (Å²) < 4.78 is 0. The van der Waals surface area contributed by atoms with Crippen LogP contribution in [-0.2, 0) is 64.4 Å². The molecule has 12 aromatic rings. The molecule has 0 unspecified atom stereocenters. The molecule has 0 saturated carbocycles. The molecule has 0 atom stereocenters. The first-order valence-electron chi connectivity index (χ1n) is 38.6. The van der Waals surface area contributed by atoms with Gasteiger partial charge in [-0.3, -0.25) is 0 Å². The molecule has 0 heterocycles. The van der Waals surface area contributed by atoms with Crippen molar-refractivity contribution in [3.63, 3.8) is 0 Å². The summed E-state index contributed by atoms with van der Waals surface area (Å²) in [6, 6.07) is 80.1. The van der Waals surface area contributed by atoms with E-state index in [1.54, 1.807) is 250 Å². The Morgan fingerprint density at radius 3 is 0.524 bits per heavy atom. The quantitative estimate of drug-likeness (QED) is 0.00919. The number of benzene rings is 12. The minimum atomic E-state index is -1.16. The fourth-order valence-corrected chi connectivity index (χ4v) is 13.2. The first kappa shape index (κ1) is 84.8. The summed E-state index contributed by atoms with van der Waals surface area (Å²) in [6.07, 6.45) is -2.16. The SMILES string of the molecule is C=C(NOC(=O)c1cc(C(=O)ONC(=C)c2ccccc2)c2cc1Cc1cc(c(C(=O)ONC(=C)c3ccccc3)cc1C(=O)ON=C(C)c1ccccc1)Cc1cc(c(C(=O)ONC(=C)c3ccccc3)cc1C(=O)ONC(=C)c1ccccc1)Cc1cc(c(C(=O)ONC(=C)c3ccccc3)cc1C(=O)ONC(=C)c1ccccc1)C2)c1ccccc1. The fourth-order valence-electron chi connectivity index (χ4n) is 13.2. The van der Waals surface area contributed by atoms with Gasteiger partial charge in [0.05, 0.1) is 90.1 Å². The van der Waals surface area contributed by atoms with E-state index < -0.39 is 73.4 Å². The van der Waals surface area contributed by atoms with E-state index in [0.29, 0.717) is 44.5 Å². The lowest BCUT2D eigenvalue weighted by atomic mass is 9.84. The van der Waals surface area contributed by atoms with Crippen molar-refractivity contribution in [2.45, 2.75) is 32.6 Å². The Morgan fingerprint density at radius 1 is 0.218 bits per heavy atom. The second-order valence-corrected chi connectivity index (χ2v) is 28.1. The van der Waals surface area contributed by atoms with E-state index in [1.165, 1.54) is 48.5 Å². The van der Waals surface area contributed by atoms with E-state index in [4.69, 9.17) is 38.7 Å². The van der Waals surface area contributed by atoms with Crippen LogP contribution >= 0.6 is 0 Å². The highest BCUT2D eigenvalue weighted by molar-refractivity contribution is 6.04. The minimum absolute atomic E-state index is 0.0182. The molecule has 24 nitrogen and oxygen atoms in total. The molecule has 1 aliphatic carbocycles. The lowest BCUT2D eigenvalue weighted by Gasteiger charge is -2.22. The summed E-state index contributed by atoms with van der Waals surface area (Å²) in [5.74, 6) is -9.12. The molecule has 124 heavy (non-hydrogen) atoms. The fraction of sp³-hybridized carbons (Fsp3) is 0.0500. The molecule has 0 spiro atoms. The summed E-state index contributed by atoms with van der Waals surface area (Å²) in [5.41, 5.74) is 20.8. The predicted molar refractivity (Wildman–Crippen MR) is 469 cm³/mol. The Balaban J connectivity index is 1.09. The van der Waals surface area contributed by atoms with Crippen LogP contribution in [0.3, 0.4) is 0 Å². The van der Waals surface area contributed by atoms with Gasteiger partial charge in [-0.25, -0.2) is 76.7 Å². The molecule has 0 saturated heterocycles. The van der Waals surface area contributed by atoms with Crippen LogP contribution in [0.25, 0.3) is 39.9 Å². The average Bonchev–Trinajstić information content (AvgIpc) is 0.760. The molecule has 0 fully saturated rings. The van der Waals surface area contributed by atoms with Gasteiger partial charge in [0.15, 0.2) is 0 Å². The maximum Gasteiger partial charge on any atom is 0.366 e. The number of rotatable bonds is 31. The zero-order chi connectivity index (χ0) is 87.2. The van der Waals surface area contributed by atoms with Crippen LogP contribution < -0.4 is 38.4 Å². The third-order valence-electron chi connectivity index (χ3n) is 19.8. The number of carbonyl (C=O) groups excluding carboxylic acids is 8. The summed E-state index contributed by atoms with van der Waals surface area (Å²) in [7, 11) is 0. The van der Waals surface area contributed by atoms with E-state index >= 15 is 38.4 Å². The van der Waals surface area contributed by atoms with Crippen molar-refractivity contribution in [3.8, 4) is 0 Å². The monoisotopic (exact) mass is 1650 g/mol. The maximum atomic E-state index is 15.6. The van der Waals surface area contributed by atoms with Gasteiger partial charge in [0.1, 0.15) is 0 Å². The second kappa shape index (κ2) is 39.9. The molecular weight excluding hydrogens is 1570 g/mol. The molecule has 0 amide bonds. The number of nitrogens with zero attached hydrogens (tertiary/aromatic N) is 1. The molecule has 0 radical (unpaired) electrons. The normalized spacial score (nSPS) is 11.2. The number of hydrogen-bond acceptors (Lipinski definition) is 24. The van der Waals surface area contributed by atoms with Gasteiger partial charge in [0.2, 0.25) is 0 Å². The molecule has 12 aromatic carbocycles. The van der Waals surface area contributed by atoms with Crippen molar-refractivity contribution >= 4 is 93.3 Å².